The van der Waals surface area contributed by atoms with Gasteiger partial charge in [0.05, 0.1) is 32.8 Å². The fourth-order valence-corrected chi connectivity index (χ4v) is 11.0. The lowest BCUT2D eigenvalue weighted by Crippen LogP contribution is -2.30. The minimum atomic E-state index is -4.98. The Hall–Kier alpha value is -3.76. The molecule has 0 fully saturated rings. The third-order valence-corrected chi connectivity index (χ3v) is 16.8. The molecule has 0 bridgehead atoms. The quantitative estimate of drug-likeness (QED) is 0.0169. The number of carbonyl (C=O) groups excluding carboxylic acids is 4. The van der Waals surface area contributed by atoms with Gasteiger partial charge in [0.15, 0.2) is 12.2 Å². The van der Waals surface area contributed by atoms with Crippen LogP contribution in [0, 0.1) is 0 Å². The van der Waals surface area contributed by atoms with E-state index < -0.39 is 97.5 Å². The van der Waals surface area contributed by atoms with E-state index in [1.54, 1.807) is 6.08 Å². The van der Waals surface area contributed by atoms with Gasteiger partial charge in [0.1, 0.15) is 19.3 Å². The number of ether oxygens (including phenoxy) is 4. The monoisotopic (exact) mass is 1340 g/mol. The molecule has 0 amide bonds. The standard InChI is InChI=1S/C73H128O17P2/c1-5-9-13-17-21-25-29-32-33-36-39-42-46-50-54-58-71(76)84-64-69(90-73(78)60-56-52-48-44-40-35-31-27-23-19-15-11-7-3)66-88-92(81,82)86-62-67(74)61-85-91(79,80)87-65-68(89-72(77)59-55-51-47-43-37-28-24-20-16-12-8-4)63-83-70(75)57-53-49-45-41-38-34-30-26-22-18-14-10-6-2/h9,13-14,18,21,25-26,30,32-33,39,42,50,54,67-69,74H,5-8,10-12,15-17,19-20,22-24,27-29,31,34-38,40-41,43-49,51-53,55-66H2,1-4H3,(H,79,80)(H,81,82)/b13-9-,18-14-,25-21-,30-26-,33-32-,42-39-,54-50-. The van der Waals surface area contributed by atoms with E-state index in [1.807, 2.05) is 18.2 Å². The Balaban J connectivity index is 5.38. The molecule has 0 aliphatic heterocycles. The number of unbranched alkanes of at least 4 members (excludes halogenated alkanes) is 28. The highest BCUT2D eigenvalue weighted by Crippen LogP contribution is 2.45. The zero-order chi connectivity index (χ0) is 67.5. The highest BCUT2D eigenvalue weighted by atomic mass is 31.2. The van der Waals surface area contributed by atoms with Crippen molar-refractivity contribution in [3.63, 3.8) is 0 Å². The van der Waals surface area contributed by atoms with E-state index in [0.717, 1.165) is 128 Å². The van der Waals surface area contributed by atoms with E-state index in [2.05, 4.69) is 88.5 Å². The number of aliphatic hydroxyl groups is 1. The first-order chi connectivity index (χ1) is 44.7. The molecular formula is C73H128O17P2. The van der Waals surface area contributed by atoms with Gasteiger partial charge >= 0.3 is 39.5 Å². The van der Waals surface area contributed by atoms with Crippen LogP contribution in [0.5, 0.6) is 0 Å². The van der Waals surface area contributed by atoms with Gasteiger partial charge in [-0.2, -0.15) is 0 Å². The predicted octanol–water partition coefficient (Wildman–Crippen LogP) is 19.9. The highest BCUT2D eigenvalue weighted by molar-refractivity contribution is 7.47. The second kappa shape index (κ2) is 65.9. The molecule has 0 heterocycles. The molecule has 0 aliphatic carbocycles. The molecular weight excluding hydrogens is 1210 g/mol. The van der Waals surface area contributed by atoms with Gasteiger partial charge in [-0.1, -0.05) is 280 Å². The molecule has 0 rings (SSSR count). The van der Waals surface area contributed by atoms with Gasteiger partial charge in [-0.15, -0.1) is 0 Å². The van der Waals surface area contributed by atoms with Gasteiger partial charge in [0.25, 0.3) is 0 Å². The second-order valence-corrected chi connectivity index (χ2v) is 26.7. The summed E-state index contributed by atoms with van der Waals surface area (Å²) in [5, 5.41) is 10.6. The number of phosphoric acid groups is 2. The smallest absolute Gasteiger partial charge is 0.462 e. The van der Waals surface area contributed by atoms with Crippen molar-refractivity contribution in [2.24, 2.45) is 0 Å². The normalized spacial score (nSPS) is 14.6. The van der Waals surface area contributed by atoms with Crippen LogP contribution in [0.4, 0.5) is 0 Å². The predicted molar refractivity (Wildman–Crippen MR) is 372 cm³/mol. The highest BCUT2D eigenvalue weighted by Gasteiger charge is 2.30. The molecule has 92 heavy (non-hydrogen) atoms. The van der Waals surface area contributed by atoms with E-state index in [4.69, 9.17) is 37.0 Å². The van der Waals surface area contributed by atoms with Crippen molar-refractivity contribution in [3.05, 3.63) is 85.1 Å². The summed E-state index contributed by atoms with van der Waals surface area (Å²) in [5.41, 5.74) is 0. The van der Waals surface area contributed by atoms with Crippen LogP contribution in [0.1, 0.15) is 297 Å². The molecule has 0 aromatic heterocycles. The summed E-state index contributed by atoms with van der Waals surface area (Å²) in [6.45, 7) is 4.56. The van der Waals surface area contributed by atoms with Gasteiger partial charge in [-0.05, 0) is 77.0 Å². The van der Waals surface area contributed by atoms with E-state index >= 15 is 0 Å². The number of hydrogen-bond donors (Lipinski definition) is 3. The van der Waals surface area contributed by atoms with Crippen molar-refractivity contribution in [3.8, 4) is 0 Å². The fraction of sp³-hybridized carbons (Fsp3) is 0.753. The Morgan fingerprint density at radius 3 is 1.01 bits per heavy atom. The third-order valence-electron chi connectivity index (χ3n) is 14.9. The Labute approximate surface area is 557 Å². The maximum absolute atomic E-state index is 13.0. The molecule has 3 N–H and O–H groups in total. The van der Waals surface area contributed by atoms with Crippen molar-refractivity contribution in [2.75, 3.05) is 39.6 Å². The van der Waals surface area contributed by atoms with Crippen LogP contribution < -0.4 is 0 Å². The summed E-state index contributed by atoms with van der Waals surface area (Å²) in [4.78, 5) is 72.5. The molecule has 0 saturated carbocycles. The van der Waals surface area contributed by atoms with Crippen LogP contribution in [-0.4, -0.2) is 96.7 Å². The minimum absolute atomic E-state index is 0.0678. The largest absolute Gasteiger partial charge is 0.472 e. The zero-order valence-corrected chi connectivity index (χ0v) is 59.5. The van der Waals surface area contributed by atoms with Crippen molar-refractivity contribution < 1.29 is 80.2 Å². The molecule has 5 unspecified atom stereocenters. The molecule has 532 valence electrons. The Morgan fingerprint density at radius 1 is 0.326 bits per heavy atom. The van der Waals surface area contributed by atoms with Crippen molar-refractivity contribution in [1.29, 1.82) is 0 Å². The number of aliphatic hydroxyl groups excluding tert-OH is 1. The summed E-state index contributed by atoms with van der Waals surface area (Å²) < 4.78 is 68.1. The van der Waals surface area contributed by atoms with Crippen LogP contribution in [0.2, 0.25) is 0 Å². The first-order valence-electron chi connectivity index (χ1n) is 35.8. The number of allylic oxidation sites excluding steroid dienone is 13. The molecule has 17 nitrogen and oxygen atoms in total. The van der Waals surface area contributed by atoms with Gasteiger partial charge < -0.3 is 33.8 Å². The number of phosphoric ester groups is 2. The van der Waals surface area contributed by atoms with E-state index in [-0.39, 0.29) is 25.7 Å². The number of rotatable bonds is 67. The SMILES string of the molecule is CC/C=C\C/C=C\C/C=C\C/C=C\C/C=C\CC(=O)OCC(COP(=O)(O)OCC(O)COP(=O)(O)OCC(COC(=O)CCCCCCC/C=C\C/C=C\CCC)OC(=O)CCCCCCCCCCCCC)OC(=O)CCCCCCCCCCCCCCC. The molecule has 0 aliphatic rings. The Kier molecular flexibility index (Phi) is 63.2. The van der Waals surface area contributed by atoms with Gasteiger partial charge in [0, 0.05) is 19.3 Å². The molecule has 0 aromatic rings. The van der Waals surface area contributed by atoms with Crippen molar-refractivity contribution in [2.45, 2.75) is 316 Å². The minimum Gasteiger partial charge on any atom is -0.462 e. The summed E-state index contributed by atoms with van der Waals surface area (Å²) in [6, 6.07) is 0. The number of carbonyl (C=O) groups is 4. The molecule has 19 heteroatoms. The number of esters is 4. The lowest BCUT2D eigenvalue weighted by molar-refractivity contribution is -0.161. The van der Waals surface area contributed by atoms with Crippen LogP contribution in [0.25, 0.3) is 0 Å². The first-order valence-corrected chi connectivity index (χ1v) is 38.8. The molecule has 0 saturated heterocycles. The van der Waals surface area contributed by atoms with Crippen molar-refractivity contribution in [1.82, 2.24) is 0 Å². The van der Waals surface area contributed by atoms with Crippen molar-refractivity contribution >= 4 is 39.5 Å². The Morgan fingerprint density at radius 2 is 0.630 bits per heavy atom. The summed E-state index contributed by atoms with van der Waals surface area (Å²) in [5.74, 6) is -2.32. The zero-order valence-electron chi connectivity index (χ0n) is 57.7. The Bertz CT molecular complexity index is 2090. The first kappa shape index (κ1) is 88.2. The average Bonchev–Trinajstić information content (AvgIpc) is 2.73. The topological polar surface area (TPSA) is 237 Å². The summed E-state index contributed by atoms with van der Waals surface area (Å²) >= 11 is 0. The van der Waals surface area contributed by atoms with Gasteiger partial charge in [-0.3, -0.25) is 37.3 Å². The molecule has 0 aromatic carbocycles. The van der Waals surface area contributed by atoms with Crippen LogP contribution >= 0.6 is 15.6 Å². The lowest BCUT2D eigenvalue weighted by atomic mass is 10.0. The lowest BCUT2D eigenvalue weighted by Gasteiger charge is -2.21. The van der Waals surface area contributed by atoms with E-state index in [9.17, 15) is 43.2 Å². The summed E-state index contributed by atoms with van der Waals surface area (Å²) in [6.07, 6.45) is 64.8. The van der Waals surface area contributed by atoms with Crippen LogP contribution in [0.15, 0.2) is 85.1 Å². The van der Waals surface area contributed by atoms with Gasteiger partial charge in [-0.25, -0.2) is 9.13 Å². The summed E-state index contributed by atoms with van der Waals surface area (Å²) in [7, 11) is -9.95. The third kappa shape index (κ3) is 64.9. The maximum Gasteiger partial charge on any atom is 0.472 e. The second-order valence-electron chi connectivity index (χ2n) is 23.8. The molecule has 0 radical (unpaired) electrons. The van der Waals surface area contributed by atoms with Gasteiger partial charge in [0.2, 0.25) is 0 Å². The fourth-order valence-electron chi connectivity index (χ4n) is 9.45. The number of hydrogen-bond acceptors (Lipinski definition) is 15. The average molecular weight is 1340 g/mol. The molecule has 0 spiro atoms. The maximum atomic E-state index is 13.0. The van der Waals surface area contributed by atoms with Crippen LogP contribution in [-0.2, 0) is 65.4 Å². The van der Waals surface area contributed by atoms with Crippen LogP contribution in [0.3, 0.4) is 0 Å². The van der Waals surface area contributed by atoms with E-state index in [1.165, 1.54) is 89.9 Å². The van der Waals surface area contributed by atoms with E-state index in [0.29, 0.717) is 25.7 Å². The molecule has 5 atom stereocenters.